The van der Waals surface area contributed by atoms with Crippen LogP contribution in [0.5, 0.6) is 0 Å². The standard InChI is InChI=1S/C16H9Cl2F/c17-10-5-6-13(15(18)9-10)12-7-8-16(19)14-4-2-1-3-11(12)14/h1-9H. The Bertz CT molecular complexity index is 766. The molecule has 0 aliphatic heterocycles. The Morgan fingerprint density at radius 1 is 0.737 bits per heavy atom. The molecule has 0 nitrogen and oxygen atoms in total. The summed E-state index contributed by atoms with van der Waals surface area (Å²) in [4.78, 5) is 0. The maximum Gasteiger partial charge on any atom is 0.131 e. The van der Waals surface area contributed by atoms with Crippen LogP contribution < -0.4 is 0 Å². The van der Waals surface area contributed by atoms with Crippen molar-refractivity contribution in [2.24, 2.45) is 0 Å². The molecule has 3 heteroatoms. The molecule has 0 radical (unpaired) electrons. The van der Waals surface area contributed by atoms with Gasteiger partial charge in [0.2, 0.25) is 0 Å². The van der Waals surface area contributed by atoms with Gasteiger partial charge in [0, 0.05) is 21.0 Å². The highest BCUT2D eigenvalue weighted by Crippen LogP contribution is 2.35. The van der Waals surface area contributed by atoms with Gasteiger partial charge in [-0.3, -0.25) is 0 Å². The van der Waals surface area contributed by atoms with Crippen molar-refractivity contribution in [3.8, 4) is 11.1 Å². The van der Waals surface area contributed by atoms with E-state index in [0.29, 0.717) is 15.4 Å². The fourth-order valence-electron chi connectivity index (χ4n) is 2.21. The lowest BCUT2D eigenvalue weighted by Crippen LogP contribution is -1.86. The lowest BCUT2D eigenvalue weighted by atomic mass is 9.98. The summed E-state index contributed by atoms with van der Waals surface area (Å²) in [5.74, 6) is -0.232. The average Bonchev–Trinajstić information content (AvgIpc) is 2.41. The van der Waals surface area contributed by atoms with Gasteiger partial charge < -0.3 is 0 Å². The van der Waals surface area contributed by atoms with Crippen molar-refractivity contribution < 1.29 is 4.39 Å². The third kappa shape index (κ3) is 2.20. The fraction of sp³-hybridized carbons (Fsp3) is 0. The van der Waals surface area contributed by atoms with E-state index in [9.17, 15) is 4.39 Å². The number of fused-ring (bicyclic) bond motifs is 1. The third-order valence-corrected chi connectivity index (χ3v) is 3.64. The smallest absolute Gasteiger partial charge is 0.131 e. The monoisotopic (exact) mass is 290 g/mol. The fourth-order valence-corrected chi connectivity index (χ4v) is 2.72. The van der Waals surface area contributed by atoms with Gasteiger partial charge in [-0.05, 0) is 29.1 Å². The van der Waals surface area contributed by atoms with Crippen LogP contribution in [-0.2, 0) is 0 Å². The predicted octanol–water partition coefficient (Wildman–Crippen LogP) is 5.95. The van der Waals surface area contributed by atoms with E-state index in [4.69, 9.17) is 23.2 Å². The van der Waals surface area contributed by atoms with E-state index in [1.165, 1.54) is 6.07 Å². The van der Waals surface area contributed by atoms with Crippen LogP contribution in [0.3, 0.4) is 0 Å². The van der Waals surface area contributed by atoms with E-state index in [0.717, 1.165) is 16.5 Å². The first kappa shape index (κ1) is 12.5. The Kier molecular flexibility index (Phi) is 3.17. The minimum absolute atomic E-state index is 0.232. The zero-order valence-electron chi connectivity index (χ0n) is 9.83. The molecular weight excluding hydrogens is 282 g/mol. The maximum absolute atomic E-state index is 13.8. The summed E-state index contributed by atoms with van der Waals surface area (Å²) in [7, 11) is 0. The first-order valence-corrected chi connectivity index (χ1v) is 6.55. The van der Waals surface area contributed by atoms with E-state index < -0.39 is 0 Å². The van der Waals surface area contributed by atoms with Gasteiger partial charge in [0.15, 0.2) is 0 Å². The first-order chi connectivity index (χ1) is 9.16. The van der Waals surface area contributed by atoms with Crippen molar-refractivity contribution >= 4 is 34.0 Å². The molecule has 3 aromatic carbocycles. The minimum atomic E-state index is -0.232. The van der Waals surface area contributed by atoms with Gasteiger partial charge in [0.1, 0.15) is 5.82 Å². The molecule has 0 heterocycles. The highest BCUT2D eigenvalue weighted by Gasteiger charge is 2.10. The SMILES string of the molecule is Fc1ccc(-c2ccc(Cl)cc2Cl)c2ccccc12. The first-order valence-electron chi connectivity index (χ1n) is 5.79. The molecule has 94 valence electrons. The predicted molar refractivity (Wildman–Crippen MR) is 79.4 cm³/mol. The zero-order chi connectivity index (χ0) is 13.4. The molecule has 0 atom stereocenters. The van der Waals surface area contributed by atoms with E-state index in [1.807, 2.05) is 24.3 Å². The van der Waals surface area contributed by atoms with Crippen molar-refractivity contribution in [1.29, 1.82) is 0 Å². The molecule has 0 saturated carbocycles. The molecule has 0 spiro atoms. The minimum Gasteiger partial charge on any atom is -0.206 e. The quantitative estimate of drug-likeness (QED) is 0.519. The number of hydrogen-bond acceptors (Lipinski definition) is 0. The molecule has 19 heavy (non-hydrogen) atoms. The van der Waals surface area contributed by atoms with Gasteiger partial charge in [-0.15, -0.1) is 0 Å². The summed E-state index contributed by atoms with van der Waals surface area (Å²) in [6.45, 7) is 0. The number of rotatable bonds is 1. The summed E-state index contributed by atoms with van der Waals surface area (Å²) in [6, 6.07) is 15.9. The Morgan fingerprint density at radius 3 is 2.16 bits per heavy atom. The van der Waals surface area contributed by atoms with Crippen molar-refractivity contribution in [2.45, 2.75) is 0 Å². The van der Waals surface area contributed by atoms with Gasteiger partial charge in [0.25, 0.3) is 0 Å². The summed E-state index contributed by atoms with van der Waals surface area (Å²) in [5, 5.41) is 2.57. The van der Waals surface area contributed by atoms with Crippen molar-refractivity contribution in [2.75, 3.05) is 0 Å². The maximum atomic E-state index is 13.8. The van der Waals surface area contributed by atoms with Crippen molar-refractivity contribution in [1.82, 2.24) is 0 Å². The summed E-state index contributed by atoms with van der Waals surface area (Å²) in [5.41, 5.74) is 1.75. The molecule has 3 rings (SSSR count). The number of halogens is 3. The average molecular weight is 291 g/mol. The topological polar surface area (TPSA) is 0 Å². The Hall–Kier alpha value is -1.57. The molecule has 0 unspecified atom stereocenters. The lowest BCUT2D eigenvalue weighted by Gasteiger charge is -2.09. The molecule has 0 amide bonds. The number of hydrogen-bond donors (Lipinski definition) is 0. The second-order valence-electron chi connectivity index (χ2n) is 4.26. The van der Waals surface area contributed by atoms with E-state index in [1.54, 1.807) is 24.3 Å². The van der Waals surface area contributed by atoms with Crippen LogP contribution in [0.2, 0.25) is 10.0 Å². The molecule has 0 aromatic heterocycles. The van der Waals surface area contributed by atoms with E-state index in [2.05, 4.69) is 0 Å². The molecule has 0 aliphatic carbocycles. The molecule has 0 saturated heterocycles. The normalized spacial score (nSPS) is 10.9. The second kappa shape index (κ2) is 4.84. The second-order valence-corrected chi connectivity index (χ2v) is 5.11. The highest BCUT2D eigenvalue weighted by molar-refractivity contribution is 6.36. The lowest BCUT2D eigenvalue weighted by molar-refractivity contribution is 0.640. The van der Waals surface area contributed by atoms with Crippen molar-refractivity contribution in [3.63, 3.8) is 0 Å². The number of benzene rings is 3. The molecule has 0 bridgehead atoms. The molecule has 0 N–H and O–H groups in total. The zero-order valence-corrected chi connectivity index (χ0v) is 11.3. The largest absolute Gasteiger partial charge is 0.206 e. The Labute approximate surface area is 120 Å². The molecule has 0 aliphatic rings. The van der Waals surface area contributed by atoms with Gasteiger partial charge in [0.05, 0.1) is 0 Å². The van der Waals surface area contributed by atoms with Crippen LogP contribution in [0.15, 0.2) is 54.6 Å². The Morgan fingerprint density at radius 2 is 1.42 bits per heavy atom. The summed E-state index contributed by atoms with van der Waals surface area (Å²) < 4.78 is 13.8. The molecule has 3 aromatic rings. The summed E-state index contributed by atoms with van der Waals surface area (Å²) in [6.07, 6.45) is 0. The van der Waals surface area contributed by atoms with Crippen LogP contribution in [0.4, 0.5) is 4.39 Å². The van der Waals surface area contributed by atoms with Crippen LogP contribution in [-0.4, -0.2) is 0 Å². The van der Waals surface area contributed by atoms with Crippen LogP contribution >= 0.6 is 23.2 Å². The van der Waals surface area contributed by atoms with Gasteiger partial charge >= 0.3 is 0 Å². The van der Waals surface area contributed by atoms with Crippen LogP contribution in [0.25, 0.3) is 21.9 Å². The van der Waals surface area contributed by atoms with Crippen LogP contribution in [0.1, 0.15) is 0 Å². The van der Waals surface area contributed by atoms with E-state index >= 15 is 0 Å². The highest BCUT2D eigenvalue weighted by atomic mass is 35.5. The van der Waals surface area contributed by atoms with Crippen LogP contribution in [0, 0.1) is 5.82 Å². The van der Waals surface area contributed by atoms with Gasteiger partial charge in [-0.2, -0.15) is 0 Å². The summed E-state index contributed by atoms with van der Waals surface area (Å²) >= 11 is 12.1. The van der Waals surface area contributed by atoms with Crippen molar-refractivity contribution in [3.05, 3.63) is 70.5 Å². The molecule has 0 fully saturated rings. The molecular formula is C16H9Cl2F. The van der Waals surface area contributed by atoms with E-state index in [-0.39, 0.29) is 5.82 Å². The Balaban J connectivity index is 2.34. The third-order valence-electron chi connectivity index (χ3n) is 3.09. The van der Waals surface area contributed by atoms with Gasteiger partial charge in [-0.25, -0.2) is 4.39 Å². The van der Waals surface area contributed by atoms with Gasteiger partial charge in [-0.1, -0.05) is 59.6 Å².